The van der Waals surface area contributed by atoms with Gasteiger partial charge in [0.25, 0.3) is 0 Å². The zero-order valence-electron chi connectivity index (χ0n) is 10.2. The zero-order chi connectivity index (χ0) is 14.0. The third kappa shape index (κ3) is 2.91. The largest absolute Gasteiger partial charge is 0.494 e. The molecule has 0 atom stereocenters. The molecule has 1 aromatic rings. The summed E-state index contributed by atoms with van der Waals surface area (Å²) in [5.74, 6) is -0.351. The van der Waals surface area contributed by atoms with E-state index in [9.17, 15) is 18.0 Å². The maximum atomic E-state index is 12.3. The molecule has 1 aromatic carbocycles. The molecule has 4 nitrogen and oxygen atoms in total. The van der Waals surface area contributed by atoms with Crippen molar-refractivity contribution in [2.75, 3.05) is 25.2 Å². The van der Waals surface area contributed by atoms with Gasteiger partial charge in [-0.2, -0.15) is 13.2 Å². The Labute approximate surface area is 107 Å². The summed E-state index contributed by atoms with van der Waals surface area (Å²) in [6.07, 6.45) is -6.03. The lowest BCUT2D eigenvalue weighted by Gasteiger charge is -2.31. The Morgan fingerprint density at radius 2 is 2.21 bits per heavy atom. The van der Waals surface area contributed by atoms with Crippen molar-refractivity contribution in [1.29, 1.82) is 0 Å². The standard InChI is InChI=1S/C12H12F3NO3/c1-18-8-3-2-4-9-11(8)16(5-6-19-9)10(17)7-12(13,14)15/h2-4H,5-7H2,1H3. The Hall–Kier alpha value is -1.92. The summed E-state index contributed by atoms with van der Waals surface area (Å²) in [4.78, 5) is 12.8. The molecular formula is C12H12F3NO3. The van der Waals surface area contributed by atoms with Gasteiger partial charge in [0.2, 0.25) is 5.91 Å². The molecule has 1 amide bonds. The highest BCUT2D eigenvalue weighted by molar-refractivity contribution is 5.97. The van der Waals surface area contributed by atoms with Crippen LogP contribution in [-0.4, -0.2) is 32.3 Å². The van der Waals surface area contributed by atoms with E-state index in [0.717, 1.165) is 4.90 Å². The highest BCUT2D eigenvalue weighted by Gasteiger charge is 2.36. The fraction of sp³-hybridized carbons (Fsp3) is 0.417. The number of amides is 1. The third-order valence-corrected chi connectivity index (χ3v) is 2.68. The summed E-state index contributed by atoms with van der Waals surface area (Å²) in [5, 5.41) is 0. The molecule has 0 N–H and O–H groups in total. The molecule has 0 saturated carbocycles. The summed E-state index contributed by atoms with van der Waals surface area (Å²) in [6, 6.07) is 4.81. The van der Waals surface area contributed by atoms with Gasteiger partial charge in [0.15, 0.2) is 0 Å². The second-order valence-electron chi connectivity index (χ2n) is 3.99. The zero-order valence-corrected chi connectivity index (χ0v) is 10.2. The van der Waals surface area contributed by atoms with Gasteiger partial charge < -0.3 is 14.4 Å². The first-order valence-electron chi connectivity index (χ1n) is 5.59. The van der Waals surface area contributed by atoms with Crippen molar-refractivity contribution < 1.29 is 27.4 Å². The number of carbonyl (C=O) groups is 1. The van der Waals surface area contributed by atoms with E-state index in [-0.39, 0.29) is 18.8 Å². The third-order valence-electron chi connectivity index (χ3n) is 2.68. The van der Waals surface area contributed by atoms with E-state index >= 15 is 0 Å². The van der Waals surface area contributed by atoms with Gasteiger partial charge >= 0.3 is 6.18 Å². The molecule has 0 radical (unpaired) electrons. The average molecular weight is 275 g/mol. The predicted octanol–water partition coefficient (Wildman–Crippen LogP) is 2.37. The second-order valence-corrected chi connectivity index (χ2v) is 3.99. The molecule has 2 rings (SSSR count). The van der Waals surface area contributed by atoms with Gasteiger partial charge in [-0.1, -0.05) is 6.07 Å². The van der Waals surface area contributed by atoms with Gasteiger partial charge in [0, 0.05) is 0 Å². The Bertz CT molecular complexity index is 473. The van der Waals surface area contributed by atoms with Crippen molar-refractivity contribution in [2.24, 2.45) is 0 Å². The van der Waals surface area contributed by atoms with Crippen LogP contribution >= 0.6 is 0 Å². The summed E-state index contributed by atoms with van der Waals surface area (Å²) in [6.45, 7) is 0.228. The normalized spacial score (nSPS) is 14.6. The van der Waals surface area contributed by atoms with Crippen molar-refractivity contribution in [3.63, 3.8) is 0 Å². The molecular weight excluding hydrogens is 263 g/mol. The van der Waals surface area contributed by atoms with E-state index in [4.69, 9.17) is 9.47 Å². The SMILES string of the molecule is COc1cccc2c1N(C(=O)CC(F)(F)F)CCO2. The number of alkyl halides is 3. The van der Waals surface area contributed by atoms with Crippen LogP contribution in [0.2, 0.25) is 0 Å². The van der Waals surface area contributed by atoms with E-state index in [1.807, 2.05) is 0 Å². The fourth-order valence-corrected chi connectivity index (χ4v) is 1.92. The monoisotopic (exact) mass is 275 g/mol. The van der Waals surface area contributed by atoms with Crippen LogP contribution in [0.4, 0.5) is 18.9 Å². The number of rotatable bonds is 2. The van der Waals surface area contributed by atoms with E-state index in [1.165, 1.54) is 7.11 Å². The van der Waals surface area contributed by atoms with Gasteiger partial charge in [-0.05, 0) is 12.1 Å². The number of nitrogens with zero attached hydrogens (tertiary/aromatic N) is 1. The molecule has 0 spiro atoms. The van der Waals surface area contributed by atoms with Crippen LogP contribution in [0.15, 0.2) is 18.2 Å². The van der Waals surface area contributed by atoms with E-state index in [0.29, 0.717) is 11.5 Å². The van der Waals surface area contributed by atoms with Crippen LogP contribution in [-0.2, 0) is 4.79 Å². The quantitative estimate of drug-likeness (QED) is 0.831. The summed E-state index contributed by atoms with van der Waals surface area (Å²) in [7, 11) is 1.39. The number of anilines is 1. The predicted molar refractivity (Wildman–Crippen MR) is 61.5 cm³/mol. The van der Waals surface area contributed by atoms with E-state index in [1.54, 1.807) is 18.2 Å². The van der Waals surface area contributed by atoms with Crippen molar-refractivity contribution in [2.45, 2.75) is 12.6 Å². The Morgan fingerprint density at radius 3 is 2.84 bits per heavy atom. The number of para-hydroxylation sites is 1. The van der Waals surface area contributed by atoms with E-state index in [2.05, 4.69) is 0 Å². The topological polar surface area (TPSA) is 38.8 Å². The lowest BCUT2D eigenvalue weighted by atomic mass is 10.2. The molecule has 104 valence electrons. The van der Waals surface area contributed by atoms with Crippen LogP contribution in [0.3, 0.4) is 0 Å². The number of halogens is 3. The Kier molecular flexibility index (Phi) is 3.55. The van der Waals surface area contributed by atoms with Crippen LogP contribution < -0.4 is 14.4 Å². The van der Waals surface area contributed by atoms with Gasteiger partial charge in [-0.25, -0.2) is 0 Å². The van der Waals surface area contributed by atoms with Crippen molar-refractivity contribution in [1.82, 2.24) is 0 Å². The molecule has 19 heavy (non-hydrogen) atoms. The first kappa shape index (κ1) is 13.5. The van der Waals surface area contributed by atoms with E-state index < -0.39 is 18.5 Å². The molecule has 1 heterocycles. The minimum absolute atomic E-state index is 0.0717. The number of hydrogen-bond donors (Lipinski definition) is 0. The van der Waals surface area contributed by atoms with Crippen LogP contribution in [0.1, 0.15) is 6.42 Å². The number of methoxy groups -OCH3 is 1. The number of carbonyl (C=O) groups excluding carboxylic acids is 1. The van der Waals surface area contributed by atoms with Crippen molar-refractivity contribution >= 4 is 11.6 Å². The Balaban J connectivity index is 2.34. The Morgan fingerprint density at radius 1 is 1.47 bits per heavy atom. The number of ether oxygens (including phenoxy) is 2. The molecule has 0 aromatic heterocycles. The van der Waals surface area contributed by atoms with Gasteiger partial charge in [-0.3, -0.25) is 4.79 Å². The van der Waals surface area contributed by atoms with Gasteiger partial charge in [-0.15, -0.1) is 0 Å². The lowest BCUT2D eigenvalue weighted by Crippen LogP contribution is -2.40. The maximum Gasteiger partial charge on any atom is 0.397 e. The minimum Gasteiger partial charge on any atom is -0.494 e. The van der Waals surface area contributed by atoms with Crippen LogP contribution in [0.5, 0.6) is 11.5 Å². The fourth-order valence-electron chi connectivity index (χ4n) is 1.92. The lowest BCUT2D eigenvalue weighted by molar-refractivity contribution is -0.152. The molecule has 7 heteroatoms. The minimum atomic E-state index is -4.53. The summed E-state index contributed by atoms with van der Waals surface area (Å²) < 4.78 is 47.3. The molecule has 0 unspecified atom stereocenters. The van der Waals surface area contributed by atoms with Crippen LogP contribution in [0, 0.1) is 0 Å². The smallest absolute Gasteiger partial charge is 0.397 e. The first-order chi connectivity index (χ1) is 8.92. The molecule has 1 aliphatic rings. The summed E-state index contributed by atoms with van der Waals surface area (Å²) >= 11 is 0. The number of hydrogen-bond acceptors (Lipinski definition) is 3. The number of fused-ring (bicyclic) bond motifs is 1. The summed E-state index contributed by atoms with van der Waals surface area (Å²) in [5.41, 5.74) is 0.255. The first-order valence-corrected chi connectivity index (χ1v) is 5.59. The van der Waals surface area contributed by atoms with Gasteiger partial charge in [0.1, 0.15) is 30.2 Å². The second kappa shape index (κ2) is 4.99. The van der Waals surface area contributed by atoms with Gasteiger partial charge in [0.05, 0.1) is 13.7 Å². The molecule has 1 aliphatic heterocycles. The molecule has 0 fully saturated rings. The molecule has 0 saturated heterocycles. The average Bonchev–Trinajstić information content (AvgIpc) is 2.35. The molecule has 0 aliphatic carbocycles. The van der Waals surface area contributed by atoms with Crippen molar-refractivity contribution in [3.8, 4) is 11.5 Å². The molecule has 0 bridgehead atoms. The number of benzene rings is 1. The van der Waals surface area contributed by atoms with Crippen LogP contribution in [0.25, 0.3) is 0 Å². The highest BCUT2D eigenvalue weighted by Crippen LogP contribution is 2.40. The maximum absolute atomic E-state index is 12.3. The van der Waals surface area contributed by atoms with Crippen molar-refractivity contribution in [3.05, 3.63) is 18.2 Å². The highest BCUT2D eigenvalue weighted by atomic mass is 19.4.